The molecule has 1 aromatic carbocycles. The summed E-state index contributed by atoms with van der Waals surface area (Å²) in [5.74, 6) is -0.585. The molecule has 0 heterocycles. The molecule has 0 spiro atoms. The second kappa shape index (κ2) is 6.15. The van der Waals surface area contributed by atoms with Gasteiger partial charge in [-0.1, -0.05) is 6.07 Å². The summed E-state index contributed by atoms with van der Waals surface area (Å²) >= 11 is 0. The summed E-state index contributed by atoms with van der Waals surface area (Å²) in [5.41, 5.74) is 5.29. The van der Waals surface area contributed by atoms with E-state index in [1.165, 1.54) is 18.2 Å². The Labute approximate surface area is 100 Å². The minimum atomic E-state index is -3.66. The average molecular weight is 269 g/mol. The molecule has 1 atom stereocenters. The second-order valence-corrected chi connectivity index (χ2v) is 4.93. The zero-order chi connectivity index (χ0) is 11.5. The molecule has 0 radical (unpaired) electrons. The Morgan fingerprint density at radius 3 is 2.62 bits per heavy atom. The molecule has 3 N–H and O–H groups in total. The maximum absolute atomic E-state index is 12.8. The summed E-state index contributed by atoms with van der Waals surface area (Å²) in [4.78, 5) is -0.0946. The molecule has 0 saturated carbocycles. The van der Waals surface area contributed by atoms with Crippen molar-refractivity contribution in [2.45, 2.75) is 17.9 Å². The van der Waals surface area contributed by atoms with Crippen molar-refractivity contribution in [2.24, 2.45) is 5.73 Å². The first-order valence-electron chi connectivity index (χ1n) is 4.43. The van der Waals surface area contributed by atoms with Crippen molar-refractivity contribution in [3.05, 3.63) is 30.1 Å². The molecule has 0 aromatic heterocycles. The molecule has 0 aliphatic carbocycles. The van der Waals surface area contributed by atoms with Gasteiger partial charge < -0.3 is 5.73 Å². The fourth-order valence-electron chi connectivity index (χ4n) is 1.02. The van der Waals surface area contributed by atoms with Gasteiger partial charge in [0.05, 0.1) is 4.90 Å². The quantitative estimate of drug-likeness (QED) is 0.851. The van der Waals surface area contributed by atoms with E-state index in [1.54, 1.807) is 6.92 Å². The third-order valence-corrected chi connectivity index (χ3v) is 3.40. The summed E-state index contributed by atoms with van der Waals surface area (Å²) in [6, 6.07) is 4.45. The number of sulfonamides is 1. The normalized spacial score (nSPS) is 12.9. The lowest BCUT2D eigenvalue weighted by molar-refractivity contribution is 0.560. The molecule has 0 aliphatic heterocycles. The van der Waals surface area contributed by atoms with E-state index in [4.69, 9.17) is 5.73 Å². The molecule has 16 heavy (non-hydrogen) atoms. The van der Waals surface area contributed by atoms with Crippen molar-refractivity contribution in [3.8, 4) is 0 Å². The molecule has 0 bridgehead atoms. The van der Waals surface area contributed by atoms with Crippen molar-refractivity contribution in [2.75, 3.05) is 6.54 Å². The lowest BCUT2D eigenvalue weighted by Crippen LogP contribution is -2.37. The summed E-state index contributed by atoms with van der Waals surface area (Å²) < 4.78 is 38.4. The third-order valence-electron chi connectivity index (χ3n) is 1.82. The number of hydrogen-bond donors (Lipinski definition) is 2. The molecule has 0 fully saturated rings. The minimum absolute atomic E-state index is 0. The van der Waals surface area contributed by atoms with E-state index in [0.29, 0.717) is 0 Å². The van der Waals surface area contributed by atoms with Crippen LogP contribution in [0.5, 0.6) is 0 Å². The third kappa shape index (κ3) is 4.05. The van der Waals surface area contributed by atoms with Gasteiger partial charge in [0.2, 0.25) is 10.0 Å². The summed E-state index contributed by atoms with van der Waals surface area (Å²) in [6.07, 6.45) is 0. The highest BCUT2D eigenvalue weighted by Crippen LogP contribution is 2.10. The van der Waals surface area contributed by atoms with E-state index in [9.17, 15) is 12.8 Å². The number of benzene rings is 1. The van der Waals surface area contributed by atoms with Crippen LogP contribution in [0.15, 0.2) is 29.2 Å². The lowest BCUT2D eigenvalue weighted by atomic mass is 10.4. The fraction of sp³-hybridized carbons (Fsp3) is 0.333. The van der Waals surface area contributed by atoms with Crippen LogP contribution in [-0.2, 0) is 10.0 Å². The predicted octanol–water partition coefficient (Wildman–Crippen LogP) is 0.873. The van der Waals surface area contributed by atoms with Gasteiger partial charge in [-0.2, -0.15) is 0 Å². The zero-order valence-electron chi connectivity index (χ0n) is 8.68. The van der Waals surface area contributed by atoms with Gasteiger partial charge >= 0.3 is 0 Å². The van der Waals surface area contributed by atoms with E-state index >= 15 is 0 Å². The molecule has 0 amide bonds. The summed E-state index contributed by atoms with van der Waals surface area (Å²) in [7, 11) is -3.66. The Kier molecular flexibility index (Phi) is 5.88. The Bertz CT molecular complexity index is 439. The molecule has 1 aromatic rings. The number of halogens is 2. The highest BCUT2D eigenvalue weighted by atomic mass is 35.5. The maximum Gasteiger partial charge on any atom is 0.240 e. The van der Waals surface area contributed by atoms with Gasteiger partial charge in [0, 0.05) is 12.6 Å². The van der Waals surface area contributed by atoms with Gasteiger partial charge in [-0.25, -0.2) is 17.5 Å². The maximum atomic E-state index is 12.8. The van der Waals surface area contributed by atoms with E-state index in [1.807, 2.05) is 0 Å². The molecular formula is C9H14ClFN2O2S. The van der Waals surface area contributed by atoms with Crippen LogP contribution in [0.25, 0.3) is 0 Å². The van der Waals surface area contributed by atoms with Gasteiger partial charge in [0.15, 0.2) is 0 Å². The molecule has 92 valence electrons. The van der Waals surface area contributed by atoms with Crippen LogP contribution >= 0.6 is 12.4 Å². The van der Waals surface area contributed by atoms with E-state index in [2.05, 4.69) is 4.72 Å². The van der Waals surface area contributed by atoms with Gasteiger partial charge in [0.1, 0.15) is 5.82 Å². The minimum Gasteiger partial charge on any atom is -0.329 e. The van der Waals surface area contributed by atoms with Gasteiger partial charge in [0.25, 0.3) is 0 Å². The van der Waals surface area contributed by atoms with Crippen molar-refractivity contribution in [1.29, 1.82) is 0 Å². The van der Waals surface area contributed by atoms with Crippen LogP contribution < -0.4 is 10.5 Å². The second-order valence-electron chi connectivity index (χ2n) is 3.22. The molecule has 0 unspecified atom stereocenters. The molecule has 1 rings (SSSR count). The average Bonchev–Trinajstić information content (AvgIpc) is 2.17. The topological polar surface area (TPSA) is 72.2 Å². The number of hydrogen-bond acceptors (Lipinski definition) is 3. The Morgan fingerprint density at radius 2 is 2.12 bits per heavy atom. The molecule has 4 nitrogen and oxygen atoms in total. The smallest absolute Gasteiger partial charge is 0.240 e. The predicted molar refractivity (Wildman–Crippen MR) is 62.5 cm³/mol. The Balaban J connectivity index is 0.00000225. The molecule has 0 saturated heterocycles. The first-order chi connectivity index (χ1) is 6.95. The van der Waals surface area contributed by atoms with E-state index < -0.39 is 15.8 Å². The van der Waals surface area contributed by atoms with Gasteiger partial charge in [-0.15, -0.1) is 12.4 Å². The van der Waals surface area contributed by atoms with Crippen molar-refractivity contribution in [1.82, 2.24) is 4.72 Å². The first-order valence-corrected chi connectivity index (χ1v) is 5.92. The number of rotatable bonds is 4. The van der Waals surface area contributed by atoms with Crippen molar-refractivity contribution < 1.29 is 12.8 Å². The fourth-order valence-corrected chi connectivity index (χ4v) is 2.30. The van der Waals surface area contributed by atoms with Crippen LogP contribution in [0, 0.1) is 5.82 Å². The Hall–Kier alpha value is -0.690. The molecular weight excluding hydrogens is 255 g/mol. The molecule has 0 aliphatic rings. The SMILES string of the molecule is C[C@@H](CN)NS(=O)(=O)c1cccc(F)c1.Cl. The van der Waals surface area contributed by atoms with Crippen LogP contribution in [0.3, 0.4) is 0 Å². The molecule has 7 heteroatoms. The summed E-state index contributed by atoms with van der Waals surface area (Å²) in [5, 5.41) is 0. The van der Waals surface area contributed by atoms with Crippen molar-refractivity contribution >= 4 is 22.4 Å². The lowest BCUT2D eigenvalue weighted by Gasteiger charge is -2.11. The van der Waals surface area contributed by atoms with Gasteiger partial charge in [-0.3, -0.25) is 0 Å². The van der Waals surface area contributed by atoms with Gasteiger partial charge in [-0.05, 0) is 25.1 Å². The standard InChI is InChI=1S/C9H13FN2O2S.ClH/c1-7(6-11)12-15(13,14)9-4-2-3-8(10)5-9;/h2-5,7,12H,6,11H2,1H3;1H/t7-;/m0./s1. The zero-order valence-corrected chi connectivity index (χ0v) is 10.3. The Morgan fingerprint density at radius 1 is 1.50 bits per heavy atom. The largest absolute Gasteiger partial charge is 0.329 e. The monoisotopic (exact) mass is 268 g/mol. The number of nitrogens with two attached hydrogens (primary N) is 1. The van der Waals surface area contributed by atoms with E-state index in [-0.39, 0.29) is 29.9 Å². The number of nitrogens with one attached hydrogen (secondary N) is 1. The van der Waals surface area contributed by atoms with E-state index in [0.717, 1.165) is 6.07 Å². The highest BCUT2D eigenvalue weighted by Gasteiger charge is 2.16. The first kappa shape index (κ1) is 15.3. The van der Waals surface area contributed by atoms with Crippen molar-refractivity contribution in [3.63, 3.8) is 0 Å². The van der Waals surface area contributed by atoms with Crippen LogP contribution in [-0.4, -0.2) is 21.0 Å². The van der Waals surface area contributed by atoms with Crippen LogP contribution in [0.4, 0.5) is 4.39 Å². The van der Waals surface area contributed by atoms with Crippen LogP contribution in [0.2, 0.25) is 0 Å². The summed E-state index contributed by atoms with van der Waals surface area (Å²) in [6.45, 7) is 1.82. The van der Waals surface area contributed by atoms with Crippen LogP contribution in [0.1, 0.15) is 6.92 Å². The highest BCUT2D eigenvalue weighted by molar-refractivity contribution is 7.89.